The average Bonchev–Trinajstić information content (AvgIpc) is 3.01. The molecule has 1 amide bonds. The van der Waals surface area contributed by atoms with Crippen LogP contribution in [0.1, 0.15) is 0 Å². The summed E-state index contributed by atoms with van der Waals surface area (Å²) in [6, 6.07) is -0.415. The Labute approximate surface area is 121 Å². The van der Waals surface area contributed by atoms with Crippen LogP contribution in [0.4, 0.5) is 11.8 Å². The molecule has 3 heterocycles. The van der Waals surface area contributed by atoms with Gasteiger partial charge in [-0.25, -0.2) is 0 Å². The molecule has 0 spiro atoms. The van der Waals surface area contributed by atoms with Crippen LogP contribution in [0.2, 0.25) is 0 Å². The number of carbonyl (C=O) groups is 1. The van der Waals surface area contributed by atoms with Crippen LogP contribution in [0, 0.1) is 0 Å². The van der Waals surface area contributed by atoms with Crippen molar-refractivity contribution >= 4 is 28.7 Å². The van der Waals surface area contributed by atoms with Crippen molar-refractivity contribution < 1.29 is 9.53 Å². The summed E-state index contributed by atoms with van der Waals surface area (Å²) in [6.07, 6.45) is 1.67. The second kappa shape index (κ2) is 5.52. The average molecular weight is 291 g/mol. The van der Waals surface area contributed by atoms with Crippen molar-refractivity contribution in [1.29, 1.82) is 0 Å². The Balaban J connectivity index is 2.08. The highest BCUT2D eigenvalue weighted by atomic mass is 16.5. The van der Waals surface area contributed by atoms with Gasteiger partial charge >= 0.3 is 0 Å². The first-order valence-electron chi connectivity index (χ1n) is 6.69. The van der Waals surface area contributed by atoms with Crippen LogP contribution in [0.5, 0.6) is 0 Å². The minimum atomic E-state index is -0.415. The first-order chi connectivity index (χ1) is 10.2. The second-order valence-electron chi connectivity index (χ2n) is 4.65. The van der Waals surface area contributed by atoms with E-state index >= 15 is 0 Å². The third kappa shape index (κ3) is 2.35. The number of fused-ring (bicyclic) bond motifs is 1. The number of carbonyl (C=O) groups excluding carboxylic acids is 1. The monoisotopic (exact) mass is 291 g/mol. The molecule has 2 aromatic rings. The van der Waals surface area contributed by atoms with Gasteiger partial charge in [-0.2, -0.15) is 15.1 Å². The van der Waals surface area contributed by atoms with Crippen LogP contribution in [0.15, 0.2) is 6.20 Å². The predicted octanol–water partition coefficient (Wildman–Crippen LogP) is -0.654. The summed E-state index contributed by atoms with van der Waals surface area (Å²) in [5, 5.41) is 13.2. The molecule has 1 aliphatic heterocycles. The number of likely N-dealkylation sites (N-methyl/N-ethyl adjacent to an activating group) is 1. The van der Waals surface area contributed by atoms with Gasteiger partial charge in [-0.1, -0.05) is 0 Å². The maximum absolute atomic E-state index is 12.1. The lowest BCUT2D eigenvalue weighted by Crippen LogP contribution is -2.53. The van der Waals surface area contributed by atoms with Gasteiger partial charge < -0.3 is 20.3 Å². The van der Waals surface area contributed by atoms with Gasteiger partial charge in [0, 0.05) is 20.6 Å². The third-order valence-electron chi connectivity index (χ3n) is 3.46. The topological polar surface area (TPSA) is 108 Å². The molecule has 0 aliphatic carbocycles. The van der Waals surface area contributed by atoms with E-state index < -0.39 is 6.04 Å². The maximum atomic E-state index is 12.1. The molecular formula is C12H17N7O2. The first kappa shape index (κ1) is 13.6. The summed E-state index contributed by atoms with van der Waals surface area (Å²) in [4.78, 5) is 22.8. The summed E-state index contributed by atoms with van der Waals surface area (Å²) in [5.74, 6) is 1.05. The van der Waals surface area contributed by atoms with Gasteiger partial charge in [-0.05, 0) is 0 Å². The molecule has 9 nitrogen and oxygen atoms in total. The van der Waals surface area contributed by atoms with Gasteiger partial charge in [0.15, 0.2) is 5.65 Å². The largest absolute Gasteiger partial charge is 0.377 e. The molecule has 1 aliphatic rings. The molecule has 9 heteroatoms. The Morgan fingerprint density at radius 3 is 3.10 bits per heavy atom. The summed E-state index contributed by atoms with van der Waals surface area (Å²) in [7, 11) is 3.36. The molecule has 3 N–H and O–H groups in total. The maximum Gasteiger partial charge on any atom is 0.244 e. The van der Waals surface area contributed by atoms with E-state index in [0.717, 1.165) is 5.39 Å². The molecule has 0 radical (unpaired) electrons. The highest BCUT2D eigenvalue weighted by Crippen LogP contribution is 2.26. The quantitative estimate of drug-likeness (QED) is 0.689. The number of aromatic nitrogens is 4. The van der Waals surface area contributed by atoms with Crippen molar-refractivity contribution in [2.45, 2.75) is 6.04 Å². The SMILES string of the molecule is CNC(=O)C1COCCN1c1nc(NC)nc2[nH]ncc12. The zero-order valence-corrected chi connectivity index (χ0v) is 11.9. The predicted molar refractivity (Wildman–Crippen MR) is 77.3 cm³/mol. The standard InChI is InChI=1S/C12H17N7O2/c1-13-11(20)8-6-21-4-3-19(8)10-7-5-15-18-9(7)16-12(14-2)17-10/h5,8H,3-4,6H2,1-2H3,(H,13,20)(H2,14,15,16,17,18). The number of H-pyrrole nitrogens is 1. The van der Waals surface area contributed by atoms with Gasteiger partial charge in [0.25, 0.3) is 0 Å². The minimum absolute atomic E-state index is 0.101. The number of anilines is 2. The van der Waals surface area contributed by atoms with Gasteiger partial charge in [-0.3, -0.25) is 9.89 Å². The Kier molecular flexibility index (Phi) is 3.57. The fraction of sp³-hybridized carbons (Fsp3) is 0.500. The van der Waals surface area contributed by atoms with Crippen molar-refractivity contribution in [2.75, 3.05) is 44.1 Å². The number of ether oxygens (including phenoxy) is 1. The molecule has 0 bridgehead atoms. The second-order valence-corrected chi connectivity index (χ2v) is 4.65. The van der Waals surface area contributed by atoms with Crippen molar-refractivity contribution in [3.63, 3.8) is 0 Å². The smallest absolute Gasteiger partial charge is 0.244 e. The number of hydrogen-bond donors (Lipinski definition) is 3. The number of hydrogen-bond acceptors (Lipinski definition) is 7. The summed E-state index contributed by atoms with van der Waals surface area (Å²) >= 11 is 0. The van der Waals surface area contributed by atoms with E-state index in [1.807, 2.05) is 4.90 Å². The fourth-order valence-electron chi connectivity index (χ4n) is 2.39. The third-order valence-corrected chi connectivity index (χ3v) is 3.46. The van der Waals surface area contributed by atoms with Gasteiger partial charge in [0.1, 0.15) is 11.9 Å². The van der Waals surface area contributed by atoms with Crippen molar-refractivity contribution in [3.05, 3.63) is 6.20 Å². The lowest BCUT2D eigenvalue weighted by molar-refractivity contribution is -0.124. The summed E-state index contributed by atoms with van der Waals surface area (Å²) < 4.78 is 5.42. The molecule has 1 unspecified atom stereocenters. The van der Waals surface area contributed by atoms with Crippen LogP contribution in [-0.2, 0) is 9.53 Å². The van der Waals surface area contributed by atoms with Crippen LogP contribution >= 0.6 is 0 Å². The first-order valence-corrected chi connectivity index (χ1v) is 6.69. The van der Waals surface area contributed by atoms with Gasteiger partial charge in [0.05, 0.1) is 24.8 Å². The van der Waals surface area contributed by atoms with E-state index in [0.29, 0.717) is 37.2 Å². The zero-order valence-electron chi connectivity index (χ0n) is 11.9. The number of morpholine rings is 1. The molecule has 21 heavy (non-hydrogen) atoms. The molecule has 1 fully saturated rings. The number of nitrogens with one attached hydrogen (secondary N) is 3. The highest BCUT2D eigenvalue weighted by Gasteiger charge is 2.31. The summed E-state index contributed by atoms with van der Waals surface area (Å²) in [6.45, 7) is 1.46. The van der Waals surface area contributed by atoms with Crippen molar-refractivity contribution in [1.82, 2.24) is 25.5 Å². The van der Waals surface area contributed by atoms with E-state index in [1.165, 1.54) is 0 Å². The number of rotatable bonds is 3. The van der Waals surface area contributed by atoms with E-state index in [2.05, 4.69) is 30.8 Å². The van der Waals surface area contributed by atoms with Crippen molar-refractivity contribution in [2.24, 2.45) is 0 Å². The number of nitrogens with zero attached hydrogens (tertiary/aromatic N) is 4. The van der Waals surface area contributed by atoms with Gasteiger partial charge in [0.2, 0.25) is 11.9 Å². The van der Waals surface area contributed by atoms with E-state index in [4.69, 9.17) is 4.74 Å². The van der Waals surface area contributed by atoms with Crippen molar-refractivity contribution in [3.8, 4) is 0 Å². The summed E-state index contributed by atoms with van der Waals surface area (Å²) in [5.41, 5.74) is 0.631. The van der Waals surface area contributed by atoms with Crippen LogP contribution in [0.3, 0.4) is 0 Å². The van der Waals surface area contributed by atoms with E-state index in [-0.39, 0.29) is 5.91 Å². The fourth-order valence-corrected chi connectivity index (χ4v) is 2.39. The molecule has 0 saturated carbocycles. The lowest BCUT2D eigenvalue weighted by atomic mass is 10.2. The Morgan fingerprint density at radius 1 is 1.48 bits per heavy atom. The van der Waals surface area contributed by atoms with Crippen LogP contribution < -0.4 is 15.5 Å². The molecule has 2 aromatic heterocycles. The van der Waals surface area contributed by atoms with E-state index in [1.54, 1.807) is 20.3 Å². The molecule has 0 aromatic carbocycles. The van der Waals surface area contributed by atoms with Gasteiger partial charge in [-0.15, -0.1) is 0 Å². The van der Waals surface area contributed by atoms with Crippen LogP contribution in [-0.4, -0.2) is 66.0 Å². The zero-order chi connectivity index (χ0) is 14.8. The molecule has 1 saturated heterocycles. The molecule has 1 atom stereocenters. The van der Waals surface area contributed by atoms with E-state index in [9.17, 15) is 4.79 Å². The Hall–Kier alpha value is -2.42. The normalized spacial score (nSPS) is 18.8. The lowest BCUT2D eigenvalue weighted by Gasteiger charge is -2.35. The molecule has 3 rings (SSSR count). The Morgan fingerprint density at radius 2 is 2.33 bits per heavy atom. The molecular weight excluding hydrogens is 274 g/mol. The van der Waals surface area contributed by atoms with Crippen LogP contribution in [0.25, 0.3) is 11.0 Å². The number of aromatic amines is 1. The Bertz CT molecular complexity index is 656. The minimum Gasteiger partial charge on any atom is -0.377 e. The molecule has 112 valence electrons. The highest BCUT2D eigenvalue weighted by molar-refractivity contribution is 5.92. The number of amides is 1.